The molecule has 8 heteroatoms. The van der Waals surface area contributed by atoms with Crippen LogP contribution in [0.5, 0.6) is 0 Å². The van der Waals surface area contributed by atoms with Crippen molar-refractivity contribution in [2.75, 3.05) is 36.6 Å². The van der Waals surface area contributed by atoms with E-state index in [-0.39, 0.29) is 23.5 Å². The highest BCUT2D eigenvalue weighted by Gasteiger charge is 2.24. The highest BCUT2D eigenvalue weighted by atomic mass is 35.5. The predicted molar refractivity (Wildman–Crippen MR) is 117 cm³/mol. The summed E-state index contributed by atoms with van der Waals surface area (Å²) >= 11 is 7.68. The van der Waals surface area contributed by atoms with Crippen LogP contribution in [0.25, 0.3) is 0 Å². The third-order valence-electron chi connectivity index (χ3n) is 4.55. The molecule has 1 fully saturated rings. The molecular weight excluding hydrogens is 410 g/mol. The fourth-order valence-electron chi connectivity index (χ4n) is 2.95. The van der Waals surface area contributed by atoms with Gasteiger partial charge in [0.05, 0.1) is 22.0 Å². The zero-order valence-electron chi connectivity index (χ0n) is 16.3. The molecule has 1 aliphatic rings. The number of carbonyl (C=O) groups excluding carboxylic acids is 3. The zero-order chi connectivity index (χ0) is 21.0. The van der Waals surface area contributed by atoms with E-state index in [0.29, 0.717) is 34.9 Å². The van der Waals surface area contributed by atoms with Crippen LogP contribution >= 0.6 is 23.4 Å². The molecular formula is C21H22ClN3O3S. The Labute approximate surface area is 179 Å². The van der Waals surface area contributed by atoms with Gasteiger partial charge in [-0.15, -0.1) is 11.8 Å². The quantitative estimate of drug-likeness (QED) is 0.704. The van der Waals surface area contributed by atoms with Crippen LogP contribution in [-0.2, 0) is 9.59 Å². The lowest BCUT2D eigenvalue weighted by Crippen LogP contribution is -2.24. The standard InChI is InChI=1S/C21H22ClN3O3S/c1-24(2)20(27)13-29-18-7-4-3-6-15(18)21(28)23-14-9-10-17(16(22)12-14)25-11-5-8-19(25)26/h3-4,6-7,9-10,12H,5,8,11,13H2,1-2H3,(H,23,28). The molecule has 1 heterocycles. The number of carbonyl (C=O) groups is 3. The molecule has 2 aromatic rings. The van der Waals surface area contributed by atoms with Crippen molar-refractivity contribution in [2.45, 2.75) is 17.7 Å². The molecule has 3 rings (SSSR count). The van der Waals surface area contributed by atoms with Crippen molar-refractivity contribution in [3.63, 3.8) is 0 Å². The van der Waals surface area contributed by atoms with E-state index in [9.17, 15) is 14.4 Å². The van der Waals surface area contributed by atoms with Crippen molar-refractivity contribution >= 4 is 52.5 Å². The molecule has 1 aliphatic heterocycles. The fourth-order valence-corrected chi connectivity index (χ4v) is 4.26. The van der Waals surface area contributed by atoms with Gasteiger partial charge in [0, 0.05) is 37.6 Å². The van der Waals surface area contributed by atoms with Crippen LogP contribution in [0, 0.1) is 0 Å². The molecule has 0 spiro atoms. The molecule has 1 saturated heterocycles. The van der Waals surface area contributed by atoms with Crippen LogP contribution in [0.2, 0.25) is 5.02 Å². The van der Waals surface area contributed by atoms with Crippen molar-refractivity contribution in [1.29, 1.82) is 0 Å². The monoisotopic (exact) mass is 431 g/mol. The average Bonchev–Trinajstić information content (AvgIpc) is 3.12. The number of rotatable bonds is 6. The summed E-state index contributed by atoms with van der Waals surface area (Å²) in [5.41, 5.74) is 1.68. The van der Waals surface area contributed by atoms with Crippen LogP contribution in [-0.4, -0.2) is 49.0 Å². The fraction of sp³-hybridized carbons (Fsp3) is 0.286. The minimum absolute atomic E-state index is 0.0240. The molecule has 0 unspecified atom stereocenters. The molecule has 2 aromatic carbocycles. The number of nitrogens with zero attached hydrogens (tertiary/aromatic N) is 2. The summed E-state index contributed by atoms with van der Waals surface area (Å²) in [7, 11) is 3.40. The van der Waals surface area contributed by atoms with Gasteiger partial charge in [-0.2, -0.15) is 0 Å². The molecule has 29 heavy (non-hydrogen) atoms. The molecule has 0 radical (unpaired) electrons. The topological polar surface area (TPSA) is 69.7 Å². The second-order valence-electron chi connectivity index (χ2n) is 6.84. The van der Waals surface area contributed by atoms with Gasteiger partial charge in [-0.3, -0.25) is 14.4 Å². The van der Waals surface area contributed by atoms with E-state index >= 15 is 0 Å². The van der Waals surface area contributed by atoms with Gasteiger partial charge < -0.3 is 15.1 Å². The maximum absolute atomic E-state index is 12.8. The number of hydrogen-bond donors (Lipinski definition) is 1. The lowest BCUT2D eigenvalue weighted by atomic mass is 10.2. The average molecular weight is 432 g/mol. The Hall–Kier alpha value is -2.51. The van der Waals surface area contributed by atoms with Gasteiger partial charge in [-0.05, 0) is 36.8 Å². The van der Waals surface area contributed by atoms with Crippen LogP contribution in [0.4, 0.5) is 11.4 Å². The number of amides is 3. The second-order valence-corrected chi connectivity index (χ2v) is 8.27. The van der Waals surface area contributed by atoms with E-state index in [1.807, 2.05) is 12.1 Å². The van der Waals surface area contributed by atoms with E-state index in [1.54, 1.807) is 49.3 Å². The van der Waals surface area contributed by atoms with Crippen LogP contribution < -0.4 is 10.2 Å². The largest absolute Gasteiger partial charge is 0.348 e. The number of benzene rings is 2. The maximum Gasteiger partial charge on any atom is 0.256 e. The molecule has 0 aromatic heterocycles. The van der Waals surface area contributed by atoms with Gasteiger partial charge >= 0.3 is 0 Å². The number of hydrogen-bond acceptors (Lipinski definition) is 4. The zero-order valence-corrected chi connectivity index (χ0v) is 17.8. The Bertz CT molecular complexity index is 949. The first-order chi connectivity index (χ1) is 13.9. The Balaban J connectivity index is 1.73. The SMILES string of the molecule is CN(C)C(=O)CSc1ccccc1C(=O)Nc1ccc(N2CCCC2=O)c(Cl)c1. The number of halogens is 1. The first-order valence-corrected chi connectivity index (χ1v) is 10.6. The Morgan fingerprint density at radius 1 is 1.21 bits per heavy atom. The Morgan fingerprint density at radius 2 is 1.97 bits per heavy atom. The smallest absolute Gasteiger partial charge is 0.256 e. The predicted octanol–water partition coefficient (Wildman–Crippen LogP) is 3.90. The van der Waals surface area contributed by atoms with Crippen LogP contribution in [0.1, 0.15) is 23.2 Å². The number of thioether (sulfide) groups is 1. The third kappa shape index (κ3) is 5.10. The third-order valence-corrected chi connectivity index (χ3v) is 5.91. The van der Waals surface area contributed by atoms with Crippen molar-refractivity contribution in [1.82, 2.24) is 4.90 Å². The van der Waals surface area contributed by atoms with Crippen molar-refractivity contribution < 1.29 is 14.4 Å². The Morgan fingerprint density at radius 3 is 2.62 bits per heavy atom. The highest BCUT2D eigenvalue weighted by molar-refractivity contribution is 8.00. The minimum Gasteiger partial charge on any atom is -0.348 e. The minimum atomic E-state index is -0.286. The van der Waals surface area contributed by atoms with Gasteiger partial charge in [-0.25, -0.2) is 0 Å². The molecule has 3 amide bonds. The van der Waals surface area contributed by atoms with Crippen molar-refractivity contribution in [3.05, 3.63) is 53.1 Å². The summed E-state index contributed by atoms with van der Waals surface area (Å²) in [5, 5.41) is 3.26. The lowest BCUT2D eigenvalue weighted by molar-refractivity contribution is -0.125. The summed E-state index contributed by atoms with van der Waals surface area (Å²) < 4.78 is 0. The van der Waals surface area contributed by atoms with E-state index in [4.69, 9.17) is 11.6 Å². The number of nitrogens with one attached hydrogen (secondary N) is 1. The summed E-state index contributed by atoms with van der Waals surface area (Å²) in [6.45, 7) is 0.653. The van der Waals surface area contributed by atoms with Gasteiger partial charge in [0.25, 0.3) is 5.91 Å². The molecule has 0 aliphatic carbocycles. The summed E-state index contributed by atoms with van der Waals surface area (Å²) in [6, 6.07) is 12.3. The molecule has 0 bridgehead atoms. The first-order valence-electron chi connectivity index (χ1n) is 9.20. The summed E-state index contributed by atoms with van der Waals surface area (Å²) in [6.07, 6.45) is 1.35. The normalized spacial score (nSPS) is 13.5. The number of anilines is 2. The molecule has 152 valence electrons. The maximum atomic E-state index is 12.8. The van der Waals surface area contributed by atoms with Gasteiger partial charge in [0.1, 0.15) is 0 Å². The van der Waals surface area contributed by atoms with Gasteiger partial charge in [0.15, 0.2) is 0 Å². The first kappa shape index (κ1) is 21.2. The second kappa shape index (κ2) is 9.33. The van der Waals surface area contributed by atoms with Gasteiger partial charge in [0.2, 0.25) is 11.8 Å². The molecule has 0 saturated carbocycles. The lowest BCUT2D eigenvalue weighted by Gasteiger charge is -2.18. The molecule has 1 N–H and O–H groups in total. The van der Waals surface area contributed by atoms with Crippen LogP contribution in [0.15, 0.2) is 47.4 Å². The van der Waals surface area contributed by atoms with E-state index in [0.717, 1.165) is 11.3 Å². The van der Waals surface area contributed by atoms with Crippen molar-refractivity contribution in [2.24, 2.45) is 0 Å². The van der Waals surface area contributed by atoms with Crippen molar-refractivity contribution in [3.8, 4) is 0 Å². The van der Waals surface area contributed by atoms with E-state index in [1.165, 1.54) is 16.7 Å². The van der Waals surface area contributed by atoms with Crippen LogP contribution in [0.3, 0.4) is 0 Å². The Kier molecular flexibility index (Phi) is 6.82. The van der Waals surface area contributed by atoms with Gasteiger partial charge in [-0.1, -0.05) is 23.7 Å². The molecule has 0 atom stereocenters. The summed E-state index contributed by atoms with van der Waals surface area (Å²) in [4.78, 5) is 40.5. The summed E-state index contributed by atoms with van der Waals surface area (Å²) in [5.74, 6) is -0.000722. The van der Waals surface area contributed by atoms with E-state index in [2.05, 4.69) is 5.32 Å². The van der Waals surface area contributed by atoms with E-state index < -0.39 is 0 Å². The molecule has 6 nitrogen and oxygen atoms in total. The highest BCUT2D eigenvalue weighted by Crippen LogP contribution is 2.32.